The Balaban J connectivity index is 1.73. The van der Waals surface area contributed by atoms with E-state index < -0.39 is 28.6 Å². The second-order valence-electron chi connectivity index (χ2n) is 8.28. The van der Waals surface area contributed by atoms with Crippen LogP contribution in [0.25, 0.3) is 0 Å². The van der Waals surface area contributed by atoms with Gasteiger partial charge in [0.25, 0.3) is 0 Å². The molecule has 0 radical (unpaired) electrons. The first-order valence-electron chi connectivity index (χ1n) is 8.32. The van der Waals surface area contributed by atoms with Crippen LogP contribution in [-0.4, -0.2) is 33.4 Å². The van der Waals surface area contributed by atoms with Gasteiger partial charge in [-0.3, -0.25) is 0 Å². The topological polar surface area (TPSA) is 113 Å². The Morgan fingerprint density at radius 1 is 1.17 bits per heavy atom. The van der Waals surface area contributed by atoms with Crippen LogP contribution < -0.4 is 11.1 Å². The minimum Gasteiger partial charge on any atom is -0.479 e. The molecule has 7 rings (SSSR count). The van der Waals surface area contributed by atoms with E-state index in [-0.39, 0.29) is 29.6 Å². The third-order valence-corrected chi connectivity index (χ3v) is 8.44. The molecule has 0 aromatic rings. The number of aliphatic hydroxyl groups is 1. The lowest BCUT2D eigenvalue weighted by atomic mass is 9.59. The summed E-state index contributed by atoms with van der Waals surface area (Å²) < 4.78 is 0. The zero-order valence-electron chi connectivity index (χ0n) is 12.3. The SMILES string of the molecule is NC(=O)N[C@@]1(C(=O)O)[C@@H]2[C@H]3C[C@@H]4[C@H]5[C@@H]3[C@@]13C=CC=C[C@@H]5[C@@]3(O)[C@@H]42. The normalized spacial score (nSPS) is 64.1. The Bertz CT molecular complexity index is 762. The average molecular weight is 314 g/mol. The largest absolute Gasteiger partial charge is 0.479 e. The van der Waals surface area contributed by atoms with E-state index in [0.717, 1.165) is 6.42 Å². The van der Waals surface area contributed by atoms with Crippen LogP contribution in [-0.2, 0) is 4.79 Å². The first-order chi connectivity index (χ1) is 10.9. The van der Waals surface area contributed by atoms with Gasteiger partial charge in [-0.1, -0.05) is 24.3 Å². The molecule has 6 fully saturated rings. The van der Waals surface area contributed by atoms with Gasteiger partial charge < -0.3 is 21.3 Å². The van der Waals surface area contributed by atoms with E-state index in [9.17, 15) is 19.8 Å². The van der Waals surface area contributed by atoms with Gasteiger partial charge in [0.05, 0.1) is 11.0 Å². The second kappa shape index (κ2) is 3.07. The third kappa shape index (κ3) is 0.802. The number of primary amides is 1. The second-order valence-corrected chi connectivity index (χ2v) is 8.28. The van der Waals surface area contributed by atoms with Crippen molar-refractivity contribution < 1.29 is 19.8 Å². The van der Waals surface area contributed by atoms with Crippen LogP contribution in [0.4, 0.5) is 4.79 Å². The number of hydrogen-bond donors (Lipinski definition) is 4. The monoisotopic (exact) mass is 314 g/mol. The van der Waals surface area contributed by atoms with Crippen LogP contribution >= 0.6 is 0 Å². The van der Waals surface area contributed by atoms with Crippen LogP contribution in [0.3, 0.4) is 0 Å². The molecule has 7 bridgehead atoms. The maximum absolute atomic E-state index is 12.5. The lowest BCUT2D eigenvalue weighted by Gasteiger charge is -2.48. The number of allylic oxidation sites excluding steroid dienone is 2. The van der Waals surface area contributed by atoms with Gasteiger partial charge in [0.15, 0.2) is 5.54 Å². The number of carboxylic acids is 1. The van der Waals surface area contributed by atoms with Crippen molar-refractivity contribution in [3.05, 3.63) is 24.3 Å². The van der Waals surface area contributed by atoms with Crippen molar-refractivity contribution in [3.63, 3.8) is 0 Å². The molecule has 0 heterocycles. The smallest absolute Gasteiger partial charge is 0.330 e. The molecule has 6 saturated carbocycles. The number of nitrogens with two attached hydrogens (primary N) is 1. The molecule has 0 saturated heterocycles. The number of carbonyl (C=O) groups is 2. The third-order valence-electron chi connectivity index (χ3n) is 8.44. The van der Waals surface area contributed by atoms with Gasteiger partial charge in [-0.15, -0.1) is 0 Å². The van der Waals surface area contributed by atoms with E-state index in [1.807, 2.05) is 18.2 Å². The van der Waals surface area contributed by atoms with Crippen molar-refractivity contribution in [2.45, 2.75) is 17.6 Å². The van der Waals surface area contributed by atoms with E-state index in [2.05, 4.69) is 11.4 Å². The minimum atomic E-state index is -1.48. The summed E-state index contributed by atoms with van der Waals surface area (Å²) in [4.78, 5) is 24.2. The highest BCUT2D eigenvalue weighted by atomic mass is 16.4. The molecule has 0 aliphatic heterocycles. The summed E-state index contributed by atoms with van der Waals surface area (Å²) in [7, 11) is 0. The first kappa shape index (κ1) is 12.6. The molecule has 6 nitrogen and oxygen atoms in total. The molecule has 7 aliphatic rings. The molecule has 10 atom stereocenters. The molecule has 6 heteroatoms. The van der Waals surface area contributed by atoms with Gasteiger partial charge in [-0.05, 0) is 36.0 Å². The number of nitrogens with one attached hydrogen (secondary N) is 1. The van der Waals surface area contributed by atoms with Gasteiger partial charge >= 0.3 is 12.0 Å². The van der Waals surface area contributed by atoms with Gasteiger partial charge in [0.2, 0.25) is 0 Å². The van der Waals surface area contributed by atoms with Crippen LogP contribution in [0.1, 0.15) is 6.42 Å². The van der Waals surface area contributed by atoms with Crippen molar-refractivity contribution in [1.29, 1.82) is 0 Å². The van der Waals surface area contributed by atoms with Crippen LogP contribution in [0.15, 0.2) is 24.3 Å². The van der Waals surface area contributed by atoms with E-state index in [1.165, 1.54) is 0 Å². The fourth-order valence-corrected chi connectivity index (χ4v) is 8.76. The van der Waals surface area contributed by atoms with Gasteiger partial charge in [-0.2, -0.15) is 0 Å². The molecule has 23 heavy (non-hydrogen) atoms. The van der Waals surface area contributed by atoms with E-state index in [1.54, 1.807) is 0 Å². The van der Waals surface area contributed by atoms with E-state index in [4.69, 9.17) is 5.73 Å². The van der Waals surface area contributed by atoms with Crippen molar-refractivity contribution in [2.24, 2.45) is 52.6 Å². The lowest BCUT2D eigenvalue weighted by molar-refractivity contribution is -0.154. The minimum absolute atomic E-state index is 0.0107. The Morgan fingerprint density at radius 3 is 2.65 bits per heavy atom. The maximum Gasteiger partial charge on any atom is 0.330 e. The molecule has 0 aromatic carbocycles. The molecule has 7 aliphatic carbocycles. The molecule has 0 unspecified atom stereocenters. The van der Waals surface area contributed by atoms with Gasteiger partial charge in [0.1, 0.15) is 0 Å². The number of carboxylic acid groups (broad SMARTS) is 1. The summed E-state index contributed by atoms with van der Waals surface area (Å²) in [5.41, 5.74) is 1.90. The highest BCUT2D eigenvalue weighted by molar-refractivity contribution is 5.91. The fourth-order valence-electron chi connectivity index (χ4n) is 8.76. The molecular weight excluding hydrogens is 296 g/mol. The van der Waals surface area contributed by atoms with Crippen molar-refractivity contribution in [2.75, 3.05) is 0 Å². The van der Waals surface area contributed by atoms with E-state index in [0.29, 0.717) is 11.8 Å². The molecule has 5 N–H and O–H groups in total. The quantitative estimate of drug-likeness (QED) is 0.578. The molecule has 1 spiro atoms. The predicted octanol–water partition coefficient (Wildman–Crippen LogP) is 0.0931. The molecular formula is C17H18N2O4. The van der Waals surface area contributed by atoms with Crippen LogP contribution in [0.5, 0.6) is 0 Å². The highest BCUT2D eigenvalue weighted by Gasteiger charge is 2.99. The number of hydrogen-bond acceptors (Lipinski definition) is 3. The zero-order chi connectivity index (χ0) is 15.9. The summed E-state index contributed by atoms with van der Waals surface area (Å²) in [5, 5.41) is 24.7. The standard InChI is InChI=1S/C17H18N2O4/c18-14(22)19-16(13(20)21)11-7-5-6-9-8-3-1-2-4-15(16,10(7)9)17(8,23)12(6)11/h1-4,6-12,23H,5H2,(H,20,21)(H3,18,19,22)/t6-,7+,8+,9-,10-,11-,12+,15+,16-,17-/m1/s1. The number of aliphatic carboxylic acids is 1. The Morgan fingerprint density at radius 2 is 1.96 bits per heavy atom. The van der Waals surface area contributed by atoms with Gasteiger partial charge in [0, 0.05) is 11.8 Å². The zero-order valence-corrected chi connectivity index (χ0v) is 12.3. The first-order valence-corrected chi connectivity index (χ1v) is 8.32. The lowest BCUT2D eigenvalue weighted by Crippen LogP contribution is -2.67. The number of urea groups is 1. The molecule has 0 aromatic heterocycles. The number of carbonyl (C=O) groups excluding carboxylic acids is 1. The van der Waals surface area contributed by atoms with Crippen LogP contribution in [0.2, 0.25) is 0 Å². The van der Waals surface area contributed by atoms with Crippen LogP contribution in [0, 0.1) is 46.8 Å². The summed E-state index contributed by atoms with van der Waals surface area (Å²) >= 11 is 0. The fraction of sp³-hybridized carbons (Fsp3) is 0.647. The molecule has 2 amide bonds. The highest BCUT2D eigenvalue weighted by Crippen LogP contribution is 2.92. The van der Waals surface area contributed by atoms with Crippen molar-refractivity contribution >= 4 is 12.0 Å². The maximum atomic E-state index is 12.5. The predicted molar refractivity (Wildman–Crippen MR) is 77.8 cm³/mol. The van der Waals surface area contributed by atoms with Crippen molar-refractivity contribution in [3.8, 4) is 0 Å². The summed E-state index contributed by atoms with van der Waals surface area (Å²) in [6.07, 6.45) is 8.68. The summed E-state index contributed by atoms with van der Waals surface area (Å²) in [5.74, 6) is -0.228. The average Bonchev–Trinajstić information content (AvgIpc) is 3.10. The summed E-state index contributed by atoms with van der Waals surface area (Å²) in [6, 6.07) is -0.819. The van der Waals surface area contributed by atoms with Crippen molar-refractivity contribution in [1.82, 2.24) is 5.32 Å². The Labute approximate surface area is 132 Å². The molecule has 120 valence electrons. The van der Waals surface area contributed by atoms with Gasteiger partial charge in [-0.25, -0.2) is 9.59 Å². The number of rotatable bonds is 2. The Hall–Kier alpha value is -1.82. The number of amides is 2. The van der Waals surface area contributed by atoms with E-state index >= 15 is 0 Å². The summed E-state index contributed by atoms with van der Waals surface area (Å²) in [6.45, 7) is 0. The Kier molecular flexibility index (Phi) is 1.68.